The number of anilines is 2. The van der Waals surface area contributed by atoms with Crippen LogP contribution in [-0.2, 0) is 11.8 Å². The lowest BCUT2D eigenvalue weighted by Gasteiger charge is -2.35. The number of alkyl carbamates (subject to hydrolysis) is 1. The van der Waals surface area contributed by atoms with Crippen molar-refractivity contribution in [3.8, 4) is 0 Å². The zero-order valence-electron chi connectivity index (χ0n) is 15.7. The van der Waals surface area contributed by atoms with E-state index in [-0.39, 0.29) is 11.4 Å². The Morgan fingerprint density at radius 3 is 2.50 bits per heavy atom. The van der Waals surface area contributed by atoms with Gasteiger partial charge in [0.2, 0.25) is 5.95 Å². The van der Waals surface area contributed by atoms with Gasteiger partial charge in [-0.2, -0.15) is 4.98 Å². The first-order chi connectivity index (χ1) is 12.1. The highest BCUT2D eigenvalue weighted by molar-refractivity contribution is 14.1. The van der Waals surface area contributed by atoms with Crippen molar-refractivity contribution < 1.29 is 9.53 Å². The van der Waals surface area contributed by atoms with Gasteiger partial charge in [0.05, 0.1) is 0 Å². The summed E-state index contributed by atoms with van der Waals surface area (Å²) >= 11 is 1.92. The maximum atomic E-state index is 12.2. The third-order valence-corrected chi connectivity index (χ3v) is 5.00. The Labute approximate surface area is 167 Å². The average molecular weight is 478 g/mol. The van der Waals surface area contributed by atoms with E-state index in [2.05, 4.69) is 20.1 Å². The zero-order chi connectivity index (χ0) is 19.5. The fraction of sp³-hybridized carbons (Fsp3) is 0.688. The van der Waals surface area contributed by atoms with Gasteiger partial charge in [-0.25, -0.2) is 4.79 Å². The Morgan fingerprint density at radius 2 is 1.92 bits per heavy atom. The molecule has 146 valence electrons. The molecule has 2 heterocycles. The molecule has 10 heteroatoms. The number of ether oxygens (including phenoxy) is 1. The molecule has 3 N–H and O–H groups in total. The summed E-state index contributed by atoms with van der Waals surface area (Å²) in [5.74, 6) is 0.868. The number of carbonyl (C=O) groups excluding carboxylic acids is 1. The van der Waals surface area contributed by atoms with Crippen molar-refractivity contribution in [3.05, 3.63) is 13.9 Å². The Morgan fingerprint density at radius 1 is 1.31 bits per heavy atom. The highest BCUT2D eigenvalue weighted by Crippen LogP contribution is 2.16. The molecule has 0 unspecified atom stereocenters. The normalized spacial score (nSPS) is 15.8. The van der Waals surface area contributed by atoms with Crippen LogP contribution in [0.25, 0.3) is 0 Å². The van der Waals surface area contributed by atoms with Crippen LogP contribution in [-0.4, -0.2) is 65.4 Å². The third kappa shape index (κ3) is 5.47. The van der Waals surface area contributed by atoms with Gasteiger partial charge in [-0.3, -0.25) is 14.3 Å². The van der Waals surface area contributed by atoms with Gasteiger partial charge in [-0.05, 0) is 43.4 Å². The van der Waals surface area contributed by atoms with E-state index in [0.717, 1.165) is 32.7 Å². The number of halogens is 1. The summed E-state index contributed by atoms with van der Waals surface area (Å²) in [5, 5.41) is 2.77. The number of hydrogen-bond donors (Lipinski definition) is 2. The second kappa shape index (κ2) is 8.42. The molecule has 0 radical (unpaired) electrons. The topological polar surface area (TPSA) is 106 Å². The number of nitrogens with two attached hydrogens (primary N) is 1. The molecular weight excluding hydrogens is 451 g/mol. The molecule has 1 aromatic rings. The fourth-order valence-corrected chi connectivity index (χ4v) is 3.15. The van der Waals surface area contributed by atoms with E-state index < -0.39 is 11.7 Å². The summed E-state index contributed by atoms with van der Waals surface area (Å²) in [6.45, 7) is 9.91. The number of aromatic nitrogens is 2. The molecule has 1 aliphatic heterocycles. The number of rotatable bonds is 4. The van der Waals surface area contributed by atoms with Crippen molar-refractivity contribution in [3.63, 3.8) is 0 Å². The minimum atomic E-state index is -0.492. The Kier molecular flexibility index (Phi) is 6.72. The number of carbonyl (C=O) groups is 1. The second-order valence-corrected chi connectivity index (χ2v) is 8.31. The highest BCUT2D eigenvalue weighted by Gasteiger charge is 2.22. The first-order valence-corrected chi connectivity index (χ1v) is 9.62. The van der Waals surface area contributed by atoms with Crippen LogP contribution in [0.3, 0.4) is 0 Å². The van der Waals surface area contributed by atoms with E-state index in [1.807, 2.05) is 43.4 Å². The van der Waals surface area contributed by atoms with Crippen LogP contribution in [0.4, 0.5) is 16.6 Å². The predicted octanol–water partition coefficient (Wildman–Crippen LogP) is 0.614. The molecule has 0 saturated carbocycles. The molecule has 1 saturated heterocycles. The molecule has 0 aromatic carbocycles. The van der Waals surface area contributed by atoms with Crippen LogP contribution in [0.15, 0.2) is 4.79 Å². The van der Waals surface area contributed by atoms with Gasteiger partial charge in [-0.15, -0.1) is 0 Å². The quantitative estimate of drug-likeness (QED) is 0.612. The summed E-state index contributed by atoms with van der Waals surface area (Å²) < 4.78 is 7.20. The van der Waals surface area contributed by atoms with Gasteiger partial charge in [-0.1, -0.05) is 0 Å². The summed E-state index contributed by atoms with van der Waals surface area (Å²) in [7, 11) is 1.71. The summed E-state index contributed by atoms with van der Waals surface area (Å²) in [6.07, 6.45) is -0.398. The maximum Gasteiger partial charge on any atom is 0.407 e. The minimum absolute atomic E-state index is 0.128. The number of amides is 1. The Hall–Kier alpha value is -1.56. The van der Waals surface area contributed by atoms with Crippen LogP contribution < -0.4 is 21.5 Å². The SMILES string of the molecule is Cn1c(N2CCN(CCNC(=O)OC(C)(C)C)CC2)nc(N)c(I)c1=O. The van der Waals surface area contributed by atoms with E-state index in [0.29, 0.717) is 16.1 Å². The second-order valence-electron chi connectivity index (χ2n) is 7.23. The lowest BCUT2D eigenvalue weighted by Crippen LogP contribution is -2.50. The van der Waals surface area contributed by atoms with Gasteiger partial charge < -0.3 is 20.7 Å². The van der Waals surface area contributed by atoms with Crippen molar-refractivity contribution in [1.82, 2.24) is 19.8 Å². The van der Waals surface area contributed by atoms with Crippen LogP contribution in [0.5, 0.6) is 0 Å². The number of nitrogens with zero attached hydrogens (tertiary/aromatic N) is 4. The highest BCUT2D eigenvalue weighted by atomic mass is 127. The van der Waals surface area contributed by atoms with Crippen LogP contribution in [0, 0.1) is 3.57 Å². The molecular formula is C16H27IN6O3. The average Bonchev–Trinajstić information content (AvgIpc) is 2.55. The van der Waals surface area contributed by atoms with Crippen molar-refractivity contribution in [1.29, 1.82) is 0 Å². The van der Waals surface area contributed by atoms with Crippen molar-refractivity contribution in [2.75, 3.05) is 49.9 Å². The summed E-state index contributed by atoms with van der Waals surface area (Å²) in [6, 6.07) is 0. The molecule has 0 bridgehead atoms. The van der Waals surface area contributed by atoms with E-state index in [4.69, 9.17) is 10.5 Å². The molecule has 9 nitrogen and oxygen atoms in total. The first kappa shape index (κ1) is 20.7. The number of nitrogen functional groups attached to an aromatic ring is 1. The van der Waals surface area contributed by atoms with Gasteiger partial charge >= 0.3 is 6.09 Å². The third-order valence-electron chi connectivity index (χ3n) is 3.99. The van der Waals surface area contributed by atoms with E-state index in [1.165, 1.54) is 4.57 Å². The number of piperazine rings is 1. The molecule has 26 heavy (non-hydrogen) atoms. The summed E-state index contributed by atoms with van der Waals surface area (Å²) in [5.41, 5.74) is 5.22. The van der Waals surface area contributed by atoms with E-state index in [9.17, 15) is 9.59 Å². The first-order valence-electron chi connectivity index (χ1n) is 8.54. The number of hydrogen-bond acceptors (Lipinski definition) is 7. The van der Waals surface area contributed by atoms with Crippen LogP contribution in [0.2, 0.25) is 0 Å². The molecule has 0 atom stereocenters. The van der Waals surface area contributed by atoms with Gasteiger partial charge in [0, 0.05) is 46.3 Å². The lowest BCUT2D eigenvalue weighted by molar-refractivity contribution is 0.0521. The molecule has 0 aliphatic carbocycles. The largest absolute Gasteiger partial charge is 0.444 e. The number of nitrogens with one attached hydrogen (secondary N) is 1. The van der Waals surface area contributed by atoms with Gasteiger partial charge in [0.1, 0.15) is 15.0 Å². The predicted molar refractivity (Wildman–Crippen MR) is 109 cm³/mol. The van der Waals surface area contributed by atoms with Gasteiger partial charge in [0.15, 0.2) is 0 Å². The molecule has 2 rings (SSSR count). The van der Waals surface area contributed by atoms with E-state index in [1.54, 1.807) is 7.05 Å². The lowest BCUT2D eigenvalue weighted by atomic mass is 10.2. The molecule has 0 spiro atoms. The zero-order valence-corrected chi connectivity index (χ0v) is 17.9. The van der Waals surface area contributed by atoms with Crippen LogP contribution in [0.1, 0.15) is 20.8 Å². The Bertz CT molecular complexity index is 707. The van der Waals surface area contributed by atoms with Gasteiger partial charge in [0.25, 0.3) is 5.56 Å². The molecule has 1 aromatic heterocycles. The smallest absolute Gasteiger partial charge is 0.407 e. The van der Waals surface area contributed by atoms with Crippen LogP contribution >= 0.6 is 22.6 Å². The Balaban J connectivity index is 1.83. The summed E-state index contributed by atoms with van der Waals surface area (Å²) in [4.78, 5) is 32.5. The fourth-order valence-electron chi connectivity index (χ4n) is 2.66. The molecule has 1 amide bonds. The molecule has 1 aliphatic rings. The van der Waals surface area contributed by atoms with E-state index >= 15 is 0 Å². The minimum Gasteiger partial charge on any atom is -0.444 e. The maximum absolute atomic E-state index is 12.2. The van der Waals surface area contributed by atoms with Crippen molar-refractivity contribution in [2.45, 2.75) is 26.4 Å². The van der Waals surface area contributed by atoms with Crippen molar-refractivity contribution >= 4 is 40.5 Å². The van der Waals surface area contributed by atoms with Crippen molar-refractivity contribution in [2.24, 2.45) is 7.05 Å². The standard InChI is InChI=1S/C16H27IN6O3/c1-16(2,3)26-15(25)19-5-6-22-7-9-23(10-8-22)14-20-12(18)11(17)13(24)21(14)4/h5-10,18H2,1-4H3,(H,19,25). The molecule has 1 fully saturated rings. The monoisotopic (exact) mass is 478 g/mol.